The maximum absolute atomic E-state index is 11.7. The molecule has 0 aliphatic carbocycles. The maximum atomic E-state index is 11.7. The zero-order chi connectivity index (χ0) is 15.9. The number of likely N-dealkylation sites (tertiary alicyclic amines) is 1. The second kappa shape index (κ2) is 7.93. The van der Waals surface area contributed by atoms with Crippen LogP contribution in [-0.2, 0) is 14.4 Å². The van der Waals surface area contributed by atoms with Gasteiger partial charge in [0.2, 0.25) is 17.7 Å². The van der Waals surface area contributed by atoms with Gasteiger partial charge in [0.1, 0.15) is 12.4 Å². The van der Waals surface area contributed by atoms with Crippen LogP contribution in [-0.4, -0.2) is 42.3 Å². The molecular weight excluding hydrogens is 352 g/mol. The van der Waals surface area contributed by atoms with Gasteiger partial charge in [-0.3, -0.25) is 19.3 Å². The molecule has 6 nitrogen and oxygen atoms in total. The molecule has 0 atom stereocenters. The van der Waals surface area contributed by atoms with Crippen molar-refractivity contribution >= 4 is 33.7 Å². The predicted octanol–water partition coefficient (Wildman–Crippen LogP) is 1.48. The van der Waals surface area contributed by atoms with Gasteiger partial charge in [0, 0.05) is 30.3 Å². The lowest BCUT2D eigenvalue weighted by Gasteiger charge is -2.13. The van der Waals surface area contributed by atoms with Crippen LogP contribution in [0.3, 0.4) is 0 Å². The smallest absolute Gasteiger partial charge is 0.229 e. The highest BCUT2D eigenvalue weighted by atomic mass is 79.9. The number of halogens is 1. The number of hydrogen-bond acceptors (Lipinski definition) is 4. The standard InChI is InChI=1S/C15H17BrN2O4/c16-11-2-1-3-12(10-11)22-9-7-17-13(19)6-8-18-14(20)4-5-15(18)21/h1-3,10H,4-9H2,(H,17,19). The van der Waals surface area contributed by atoms with Crippen LogP contribution in [0, 0.1) is 0 Å². The summed E-state index contributed by atoms with van der Waals surface area (Å²) >= 11 is 3.35. The van der Waals surface area contributed by atoms with Crippen LogP contribution in [0.5, 0.6) is 5.75 Å². The van der Waals surface area contributed by atoms with E-state index in [0.29, 0.717) is 13.2 Å². The van der Waals surface area contributed by atoms with E-state index in [0.717, 1.165) is 15.1 Å². The van der Waals surface area contributed by atoms with Crippen LogP contribution in [0.4, 0.5) is 0 Å². The van der Waals surface area contributed by atoms with Gasteiger partial charge >= 0.3 is 0 Å². The zero-order valence-corrected chi connectivity index (χ0v) is 13.6. The Hall–Kier alpha value is -1.89. The van der Waals surface area contributed by atoms with Gasteiger partial charge in [-0.2, -0.15) is 0 Å². The van der Waals surface area contributed by atoms with Gasteiger partial charge in [0.25, 0.3) is 0 Å². The third kappa shape index (κ3) is 4.84. The molecule has 2 rings (SSSR count). The van der Waals surface area contributed by atoms with Crippen molar-refractivity contribution in [3.8, 4) is 5.75 Å². The molecular formula is C15H17BrN2O4. The third-order valence-electron chi connectivity index (χ3n) is 3.21. The average molecular weight is 369 g/mol. The fourth-order valence-corrected chi connectivity index (χ4v) is 2.47. The quantitative estimate of drug-likeness (QED) is 0.584. The molecule has 1 heterocycles. The van der Waals surface area contributed by atoms with Crippen molar-refractivity contribution in [1.82, 2.24) is 10.2 Å². The van der Waals surface area contributed by atoms with Crippen molar-refractivity contribution in [2.45, 2.75) is 19.3 Å². The van der Waals surface area contributed by atoms with E-state index in [1.165, 1.54) is 0 Å². The predicted molar refractivity (Wildman–Crippen MR) is 83.2 cm³/mol. The first-order valence-corrected chi connectivity index (χ1v) is 7.84. The molecule has 0 aromatic heterocycles. The monoisotopic (exact) mass is 368 g/mol. The minimum atomic E-state index is -0.203. The van der Waals surface area contributed by atoms with Crippen LogP contribution in [0.1, 0.15) is 19.3 Å². The van der Waals surface area contributed by atoms with Gasteiger partial charge in [-0.25, -0.2) is 0 Å². The number of amides is 3. The molecule has 0 spiro atoms. The number of rotatable bonds is 7. The highest BCUT2D eigenvalue weighted by molar-refractivity contribution is 9.10. The fourth-order valence-electron chi connectivity index (χ4n) is 2.09. The second-order valence-corrected chi connectivity index (χ2v) is 5.76. The normalized spacial score (nSPS) is 14.3. The van der Waals surface area contributed by atoms with Crippen molar-refractivity contribution in [2.75, 3.05) is 19.7 Å². The number of ether oxygens (including phenoxy) is 1. The fraction of sp³-hybridized carbons (Fsp3) is 0.400. The number of imide groups is 1. The summed E-state index contributed by atoms with van der Waals surface area (Å²) < 4.78 is 6.41. The Morgan fingerprint density at radius 2 is 2.00 bits per heavy atom. The summed E-state index contributed by atoms with van der Waals surface area (Å²) in [7, 11) is 0. The molecule has 3 amide bonds. The maximum Gasteiger partial charge on any atom is 0.229 e. The van der Waals surface area contributed by atoms with E-state index in [2.05, 4.69) is 21.2 Å². The van der Waals surface area contributed by atoms with Gasteiger partial charge in [0.15, 0.2) is 0 Å². The lowest BCUT2D eigenvalue weighted by molar-refractivity contribution is -0.138. The van der Waals surface area contributed by atoms with Crippen LogP contribution in [0.25, 0.3) is 0 Å². The van der Waals surface area contributed by atoms with Crippen molar-refractivity contribution in [1.29, 1.82) is 0 Å². The summed E-state index contributed by atoms with van der Waals surface area (Å²) in [6, 6.07) is 7.43. The molecule has 1 saturated heterocycles. The Labute approximate surface area is 136 Å². The SMILES string of the molecule is O=C(CCN1C(=O)CCC1=O)NCCOc1cccc(Br)c1. The highest BCUT2D eigenvalue weighted by Crippen LogP contribution is 2.17. The first-order valence-electron chi connectivity index (χ1n) is 7.04. The van der Waals surface area contributed by atoms with E-state index in [1.807, 2.05) is 24.3 Å². The van der Waals surface area contributed by atoms with E-state index in [9.17, 15) is 14.4 Å². The van der Waals surface area contributed by atoms with E-state index in [-0.39, 0.29) is 43.5 Å². The van der Waals surface area contributed by atoms with Crippen LogP contribution in [0.15, 0.2) is 28.7 Å². The second-order valence-electron chi connectivity index (χ2n) is 4.84. The van der Waals surface area contributed by atoms with Crippen molar-refractivity contribution in [3.63, 3.8) is 0 Å². The molecule has 1 aliphatic rings. The molecule has 1 aromatic carbocycles. The first-order chi connectivity index (χ1) is 10.6. The molecule has 0 unspecified atom stereocenters. The Kier molecular flexibility index (Phi) is 5.94. The highest BCUT2D eigenvalue weighted by Gasteiger charge is 2.28. The minimum absolute atomic E-state index is 0.119. The molecule has 118 valence electrons. The minimum Gasteiger partial charge on any atom is -0.492 e. The topological polar surface area (TPSA) is 75.7 Å². The number of nitrogens with one attached hydrogen (secondary N) is 1. The Morgan fingerprint density at radius 3 is 2.68 bits per heavy atom. The summed E-state index contributed by atoms with van der Waals surface area (Å²) in [5.74, 6) is 0.119. The van der Waals surface area contributed by atoms with Crippen molar-refractivity contribution in [3.05, 3.63) is 28.7 Å². The van der Waals surface area contributed by atoms with Crippen molar-refractivity contribution in [2.24, 2.45) is 0 Å². The summed E-state index contributed by atoms with van der Waals surface area (Å²) in [5, 5.41) is 2.70. The molecule has 7 heteroatoms. The Balaban J connectivity index is 1.62. The molecule has 1 fully saturated rings. The number of nitrogens with zero attached hydrogens (tertiary/aromatic N) is 1. The number of carbonyl (C=O) groups is 3. The largest absolute Gasteiger partial charge is 0.492 e. The third-order valence-corrected chi connectivity index (χ3v) is 3.70. The van der Waals surface area contributed by atoms with E-state index < -0.39 is 0 Å². The lowest BCUT2D eigenvalue weighted by Crippen LogP contribution is -2.35. The molecule has 0 radical (unpaired) electrons. The summed E-state index contributed by atoms with van der Waals surface area (Å²) in [6.07, 6.45) is 0.621. The van der Waals surface area contributed by atoms with Crippen LogP contribution in [0.2, 0.25) is 0 Å². The molecule has 1 aliphatic heterocycles. The summed E-state index contributed by atoms with van der Waals surface area (Å²) in [4.78, 5) is 35.6. The first kappa shape index (κ1) is 16.5. The summed E-state index contributed by atoms with van der Waals surface area (Å²) in [6.45, 7) is 0.868. The molecule has 1 aromatic rings. The van der Waals surface area contributed by atoms with Gasteiger partial charge < -0.3 is 10.1 Å². The molecule has 0 bridgehead atoms. The van der Waals surface area contributed by atoms with Gasteiger partial charge in [-0.05, 0) is 18.2 Å². The van der Waals surface area contributed by atoms with E-state index in [4.69, 9.17) is 4.74 Å². The summed E-state index contributed by atoms with van der Waals surface area (Å²) in [5.41, 5.74) is 0. The van der Waals surface area contributed by atoms with Gasteiger partial charge in [-0.1, -0.05) is 22.0 Å². The van der Waals surface area contributed by atoms with E-state index in [1.54, 1.807) is 0 Å². The molecule has 0 saturated carbocycles. The number of benzene rings is 1. The van der Waals surface area contributed by atoms with E-state index >= 15 is 0 Å². The lowest BCUT2D eigenvalue weighted by atomic mass is 10.3. The zero-order valence-electron chi connectivity index (χ0n) is 12.0. The molecule has 1 N–H and O–H groups in total. The number of carbonyl (C=O) groups excluding carboxylic acids is 3. The Morgan fingerprint density at radius 1 is 1.27 bits per heavy atom. The van der Waals surface area contributed by atoms with Crippen LogP contribution >= 0.6 is 15.9 Å². The average Bonchev–Trinajstić information content (AvgIpc) is 2.80. The van der Waals surface area contributed by atoms with Crippen LogP contribution < -0.4 is 10.1 Å². The molecule has 22 heavy (non-hydrogen) atoms. The van der Waals surface area contributed by atoms with Crippen molar-refractivity contribution < 1.29 is 19.1 Å². The Bertz CT molecular complexity index is 560. The van der Waals surface area contributed by atoms with Gasteiger partial charge in [-0.15, -0.1) is 0 Å². The van der Waals surface area contributed by atoms with Gasteiger partial charge in [0.05, 0.1) is 6.54 Å². The number of hydrogen-bond donors (Lipinski definition) is 1.